The first-order chi connectivity index (χ1) is 26.5. The average molecular weight is 797 g/mol. The Kier molecular flexibility index (Phi) is 13.2. The van der Waals surface area contributed by atoms with Gasteiger partial charge in [0.05, 0.1) is 6.42 Å². The number of hydrogen-bond acceptors (Lipinski definition) is 6. The first kappa shape index (κ1) is 42.2. The van der Waals surface area contributed by atoms with Crippen molar-refractivity contribution in [2.45, 2.75) is 95.1 Å². The fraction of sp³-hybridized carbons (Fsp3) is 0.452. The van der Waals surface area contributed by atoms with Gasteiger partial charge in [0.25, 0.3) is 0 Å². The number of nitrogens with zero attached hydrogens (tertiary/aromatic N) is 2. The molecule has 3 aromatic carbocycles. The standard InChI is InChI=1S/C42H48ClF3N4O6/c1-27(2)35(49(4)39(55)40(22-10-11-23-40)48-38(54)42(44,45)46)36(52)47-33(37(53)50-24-12-13-25-50)26-34(51)56-41(29-14-6-5-7-15-29,30-20-18-28(3)19-21-30)31-16-8-9-17-32(31)43/h5-9,14-21,27,33,35H,10-13,22-26H2,1-4H3,(H,47,52)(H,48,54)/t33-,35-,41?/m0/s1. The molecule has 1 unspecified atom stereocenters. The van der Waals surface area contributed by atoms with E-state index < -0.39 is 71.3 Å². The van der Waals surface area contributed by atoms with Crippen molar-refractivity contribution in [3.05, 3.63) is 106 Å². The van der Waals surface area contributed by atoms with E-state index >= 15 is 0 Å². The number of halogens is 4. The summed E-state index contributed by atoms with van der Waals surface area (Å²) in [6.45, 7) is 6.03. The van der Waals surface area contributed by atoms with Crippen LogP contribution in [0.1, 0.15) is 81.0 Å². The minimum absolute atomic E-state index is 0.0398. The van der Waals surface area contributed by atoms with Crippen molar-refractivity contribution in [2.75, 3.05) is 20.1 Å². The summed E-state index contributed by atoms with van der Waals surface area (Å²) in [7, 11) is 1.29. The van der Waals surface area contributed by atoms with Crippen molar-refractivity contribution < 1.29 is 41.9 Å². The summed E-state index contributed by atoms with van der Waals surface area (Å²) >= 11 is 6.84. The summed E-state index contributed by atoms with van der Waals surface area (Å²) in [4.78, 5) is 71.4. The van der Waals surface area contributed by atoms with Gasteiger partial charge < -0.3 is 25.2 Å². The number of likely N-dealkylation sites (tertiary alicyclic amines) is 1. The first-order valence-electron chi connectivity index (χ1n) is 18.9. The molecule has 1 heterocycles. The highest BCUT2D eigenvalue weighted by Crippen LogP contribution is 2.44. The minimum Gasteiger partial charge on any atom is -0.444 e. The van der Waals surface area contributed by atoms with E-state index in [4.69, 9.17) is 16.3 Å². The van der Waals surface area contributed by atoms with E-state index in [2.05, 4.69) is 5.32 Å². The van der Waals surface area contributed by atoms with Gasteiger partial charge in [0.2, 0.25) is 17.7 Å². The van der Waals surface area contributed by atoms with Crippen molar-refractivity contribution in [1.82, 2.24) is 20.4 Å². The van der Waals surface area contributed by atoms with Gasteiger partial charge in [-0.15, -0.1) is 0 Å². The Morgan fingerprint density at radius 3 is 2.00 bits per heavy atom. The number of likely N-dealkylation sites (N-methyl/N-ethyl adjacent to an activating group) is 1. The van der Waals surface area contributed by atoms with Crippen LogP contribution in [0.2, 0.25) is 5.02 Å². The summed E-state index contributed by atoms with van der Waals surface area (Å²) in [5, 5.41) is 4.96. The molecule has 5 rings (SSSR count). The fourth-order valence-corrected chi connectivity index (χ4v) is 8.17. The zero-order chi connectivity index (χ0) is 40.8. The monoisotopic (exact) mass is 796 g/mol. The number of carbonyl (C=O) groups is 5. The number of aryl methyl sites for hydroxylation is 1. The highest BCUT2D eigenvalue weighted by molar-refractivity contribution is 6.31. The van der Waals surface area contributed by atoms with Crippen LogP contribution in [0.5, 0.6) is 0 Å². The Bertz CT molecular complexity index is 1900. The van der Waals surface area contributed by atoms with Crippen LogP contribution in [0.15, 0.2) is 78.9 Å². The molecular weight excluding hydrogens is 749 g/mol. The van der Waals surface area contributed by atoms with Crippen LogP contribution in [-0.2, 0) is 34.3 Å². The summed E-state index contributed by atoms with van der Waals surface area (Å²) in [5.41, 5.74) is -0.853. The highest BCUT2D eigenvalue weighted by atomic mass is 35.5. The largest absolute Gasteiger partial charge is 0.471 e. The molecule has 3 aromatic rings. The zero-order valence-electron chi connectivity index (χ0n) is 32.0. The number of amides is 4. The molecule has 14 heteroatoms. The van der Waals surface area contributed by atoms with Crippen LogP contribution in [0.4, 0.5) is 13.2 Å². The smallest absolute Gasteiger partial charge is 0.444 e. The lowest BCUT2D eigenvalue weighted by atomic mass is 9.79. The molecule has 1 saturated carbocycles. The third-order valence-electron chi connectivity index (χ3n) is 10.7. The van der Waals surface area contributed by atoms with Crippen LogP contribution in [0.25, 0.3) is 0 Å². The molecule has 0 radical (unpaired) electrons. The van der Waals surface area contributed by atoms with E-state index in [1.807, 2.05) is 42.6 Å². The number of ether oxygens (including phenoxy) is 1. The predicted octanol–water partition coefficient (Wildman–Crippen LogP) is 6.46. The molecule has 0 spiro atoms. The lowest BCUT2D eigenvalue weighted by Crippen LogP contribution is -2.64. The van der Waals surface area contributed by atoms with Crippen molar-refractivity contribution in [3.63, 3.8) is 0 Å². The minimum atomic E-state index is -5.22. The molecule has 2 aliphatic rings. The second-order valence-corrected chi connectivity index (χ2v) is 15.4. The topological polar surface area (TPSA) is 125 Å². The summed E-state index contributed by atoms with van der Waals surface area (Å²) in [5.74, 6) is -5.84. The van der Waals surface area contributed by atoms with Gasteiger partial charge in [0.1, 0.15) is 17.6 Å². The van der Waals surface area contributed by atoms with E-state index in [9.17, 15) is 37.1 Å². The van der Waals surface area contributed by atoms with Gasteiger partial charge in [-0.1, -0.05) is 117 Å². The predicted molar refractivity (Wildman–Crippen MR) is 204 cm³/mol. The number of carbonyl (C=O) groups excluding carboxylic acids is 5. The van der Waals surface area contributed by atoms with Crippen LogP contribution >= 0.6 is 11.6 Å². The normalized spacial score (nSPS) is 17.4. The lowest BCUT2D eigenvalue weighted by Gasteiger charge is -2.39. The SMILES string of the molecule is Cc1ccc(C(OC(=O)C[C@H](NC(=O)[C@H](C(C)C)N(C)C(=O)C2(NC(=O)C(F)(F)F)CCCC2)C(=O)N2CCCC2)(c2ccccc2)c2ccccc2Cl)cc1. The summed E-state index contributed by atoms with van der Waals surface area (Å²) in [6, 6.07) is 20.7. The van der Waals surface area contributed by atoms with Gasteiger partial charge in [0.15, 0.2) is 5.60 Å². The van der Waals surface area contributed by atoms with Gasteiger partial charge in [-0.05, 0) is 44.6 Å². The second-order valence-electron chi connectivity index (χ2n) is 15.0. The molecule has 4 amide bonds. The van der Waals surface area contributed by atoms with Crippen LogP contribution in [0.3, 0.4) is 0 Å². The Balaban J connectivity index is 1.49. The molecule has 2 fully saturated rings. The molecule has 56 heavy (non-hydrogen) atoms. The number of nitrogens with one attached hydrogen (secondary N) is 2. The zero-order valence-corrected chi connectivity index (χ0v) is 32.7. The molecule has 0 bridgehead atoms. The third kappa shape index (κ3) is 9.04. The fourth-order valence-electron chi connectivity index (χ4n) is 7.90. The molecule has 1 aliphatic heterocycles. The van der Waals surface area contributed by atoms with Crippen molar-refractivity contribution in [3.8, 4) is 0 Å². The molecule has 3 atom stereocenters. The molecule has 0 aromatic heterocycles. The van der Waals surface area contributed by atoms with Crippen molar-refractivity contribution >= 4 is 41.2 Å². The second kappa shape index (κ2) is 17.5. The van der Waals surface area contributed by atoms with Gasteiger partial charge >= 0.3 is 18.1 Å². The molecule has 300 valence electrons. The lowest BCUT2D eigenvalue weighted by molar-refractivity contribution is -0.177. The maximum atomic E-state index is 14.4. The molecular formula is C42H48ClF3N4O6. The summed E-state index contributed by atoms with van der Waals surface area (Å²) < 4.78 is 46.6. The van der Waals surface area contributed by atoms with Crippen LogP contribution in [-0.4, -0.2) is 83.3 Å². The van der Waals surface area contributed by atoms with Crippen molar-refractivity contribution in [2.24, 2.45) is 5.92 Å². The van der Waals surface area contributed by atoms with E-state index in [1.54, 1.807) is 67.3 Å². The number of hydrogen-bond donors (Lipinski definition) is 2. The van der Waals surface area contributed by atoms with Gasteiger partial charge in [-0.25, -0.2) is 0 Å². The van der Waals surface area contributed by atoms with E-state index in [0.717, 1.165) is 23.3 Å². The van der Waals surface area contributed by atoms with Gasteiger partial charge in [0, 0.05) is 41.9 Å². The molecule has 2 N–H and O–H groups in total. The van der Waals surface area contributed by atoms with Crippen LogP contribution < -0.4 is 10.6 Å². The van der Waals surface area contributed by atoms with Crippen molar-refractivity contribution in [1.29, 1.82) is 0 Å². The highest BCUT2D eigenvalue weighted by Gasteiger charge is 2.51. The number of alkyl halides is 3. The Morgan fingerprint density at radius 1 is 0.857 bits per heavy atom. The molecule has 1 aliphatic carbocycles. The molecule has 10 nitrogen and oxygen atoms in total. The third-order valence-corrected chi connectivity index (χ3v) is 11.0. The Labute approximate surface area is 330 Å². The average Bonchev–Trinajstić information content (AvgIpc) is 3.87. The van der Waals surface area contributed by atoms with E-state index in [-0.39, 0.29) is 12.8 Å². The van der Waals surface area contributed by atoms with Crippen LogP contribution in [0, 0.1) is 12.8 Å². The summed E-state index contributed by atoms with van der Waals surface area (Å²) in [6.07, 6.45) is -3.65. The number of rotatable bonds is 13. The Morgan fingerprint density at radius 2 is 1.43 bits per heavy atom. The maximum absolute atomic E-state index is 14.4. The quantitative estimate of drug-likeness (QED) is 0.151. The van der Waals surface area contributed by atoms with Gasteiger partial charge in [-0.2, -0.15) is 13.2 Å². The maximum Gasteiger partial charge on any atom is 0.471 e. The Hall–Kier alpha value is -4.91. The first-order valence-corrected chi connectivity index (χ1v) is 19.2. The number of benzene rings is 3. The van der Waals surface area contributed by atoms with E-state index in [0.29, 0.717) is 47.6 Å². The number of esters is 1. The van der Waals surface area contributed by atoms with E-state index in [1.165, 1.54) is 7.05 Å². The molecule has 1 saturated heterocycles. The van der Waals surface area contributed by atoms with Gasteiger partial charge in [-0.3, -0.25) is 24.0 Å².